The molecule has 0 radical (unpaired) electrons. The summed E-state index contributed by atoms with van der Waals surface area (Å²) in [5, 5.41) is 3.71. The molecule has 0 aliphatic carbocycles. The van der Waals surface area contributed by atoms with Crippen molar-refractivity contribution in [1.29, 1.82) is 0 Å². The van der Waals surface area contributed by atoms with Gasteiger partial charge >= 0.3 is 0 Å². The van der Waals surface area contributed by atoms with Crippen LogP contribution in [0.5, 0.6) is 0 Å². The number of rotatable bonds is 10. The van der Waals surface area contributed by atoms with Gasteiger partial charge in [0.1, 0.15) is 0 Å². The molecule has 6 nitrogen and oxygen atoms in total. The minimum absolute atomic E-state index is 0.0573. The number of nitrogens with one attached hydrogen (secondary N) is 1. The Morgan fingerprint density at radius 1 is 0.800 bits per heavy atom. The lowest BCUT2D eigenvalue weighted by Crippen LogP contribution is -2.46. The monoisotopic (exact) mass is 636 g/mol. The molecule has 2 aliphatic heterocycles. The molecule has 0 bridgehead atoms. The smallest absolute Gasteiger partial charge is 0.265 e. The fraction of sp³-hybridized carbons (Fsp3) is 0.243. The molecule has 2 aliphatic rings. The van der Waals surface area contributed by atoms with Crippen LogP contribution in [0.25, 0.3) is 6.08 Å². The maximum Gasteiger partial charge on any atom is 0.265 e. The third-order valence-corrected chi connectivity index (χ3v) is 9.50. The van der Waals surface area contributed by atoms with E-state index in [9.17, 15) is 9.59 Å². The van der Waals surface area contributed by atoms with E-state index in [1.165, 1.54) is 17.3 Å². The van der Waals surface area contributed by atoms with Crippen molar-refractivity contribution in [2.75, 3.05) is 44.2 Å². The zero-order valence-corrected chi connectivity index (χ0v) is 26.8. The Bertz CT molecular complexity index is 1650. The second-order valence-corrected chi connectivity index (χ2v) is 13.0. The van der Waals surface area contributed by atoms with Gasteiger partial charge in [-0.25, -0.2) is 0 Å². The van der Waals surface area contributed by atoms with E-state index in [1.54, 1.807) is 4.90 Å². The highest BCUT2D eigenvalue weighted by Crippen LogP contribution is 2.42. The minimum Gasteiger partial charge on any atom is -0.352 e. The van der Waals surface area contributed by atoms with E-state index in [0.29, 0.717) is 28.6 Å². The van der Waals surface area contributed by atoms with Crippen LogP contribution in [0.4, 0.5) is 5.69 Å². The Kier molecular flexibility index (Phi) is 10.3. The average Bonchev–Trinajstić information content (AvgIpc) is 3.06. The van der Waals surface area contributed by atoms with E-state index in [1.807, 2.05) is 78.9 Å². The summed E-state index contributed by atoms with van der Waals surface area (Å²) >= 11 is 7.68. The third kappa shape index (κ3) is 8.24. The Labute approximate surface area is 274 Å². The molecule has 0 atom stereocenters. The van der Waals surface area contributed by atoms with Gasteiger partial charge in [-0.2, -0.15) is 0 Å². The zero-order valence-electron chi connectivity index (χ0n) is 25.2. The maximum absolute atomic E-state index is 13.6. The fourth-order valence-electron chi connectivity index (χ4n) is 5.74. The first-order chi connectivity index (χ1) is 22.0. The molecule has 4 aromatic carbocycles. The molecule has 45 heavy (non-hydrogen) atoms. The topological polar surface area (TPSA) is 55.9 Å². The third-order valence-electron chi connectivity index (χ3n) is 8.18. The summed E-state index contributed by atoms with van der Waals surface area (Å²) in [5.74, 6) is -0.135. The maximum atomic E-state index is 13.6. The number of carbonyl (C=O) groups is 2. The highest BCUT2D eigenvalue weighted by molar-refractivity contribution is 8.04. The Hall–Kier alpha value is -3.88. The van der Waals surface area contributed by atoms with Gasteiger partial charge in [0.05, 0.1) is 17.1 Å². The largest absolute Gasteiger partial charge is 0.352 e. The van der Waals surface area contributed by atoms with Crippen molar-refractivity contribution in [3.8, 4) is 0 Å². The predicted molar refractivity (Wildman–Crippen MR) is 184 cm³/mol. The van der Waals surface area contributed by atoms with Crippen molar-refractivity contribution in [3.63, 3.8) is 0 Å². The number of benzene rings is 4. The number of amides is 2. The number of anilines is 1. The Morgan fingerprint density at radius 3 is 2.29 bits per heavy atom. The molecule has 6 rings (SSSR count). The van der Waals surface area contributed by atoms with E-state index in [2.05, 4.69) is 45.4 Å². The summed E-state index contributed by atoms with van der Waals surface area (Å²) in [6.45, 7) is 7.31. The van der Waals surface area contributed by atoms with E-state index in [0.717, 1.165) is 67.4 Å². The van der Waals surface area contributed by atoms with Gasteiger partial charge in [-0.15, -0.1) is 0 Å². The van der Waals surface area contributed by atoms with Gasteiger partial charge in [0.25, 0.3) is 11.8 Å². The number of hydrogen-bond donors (Lipinski definition) is 1. The van der Waals surface area contributed by atoms with Gasteiger partial charge in [-0.3, -0.25) is 14.5 Å². The normalized spacial score (nSPS) is 16.5. The first kappa shape index (κ1) is 31.1. The lowest BCUT2D eigenvalue weighted by molar-refractivity contribution is -0.114. The summed E-state index contributed by atoms with van der Waals surface area (Å²) in [4.78, 5) is 34.9. The average molecular weight is 637 g/mol. The molecule has 0 spiro atoms. The van der Waals surface area contributed by atoms with Gasteiger partial charge in [-0.05, 0) is 72.1 Å². The number of hydrogen-bond acceptors (Lipinski definition) is 5. The van der Waals surface area contributed by atoms with E-state index in [4.69, 9.17) is 11.6 Å². The molecule has 4 aromatic rings. The van der Waals surface area contributed by atoms with Crippen LogP contribution in [0.1, 0.15) is 33.5 Å². The van der Waals surface area contributed by atoms with Crippen molar-refractivity contribution >= 4 is 46.9 Å². The molecule has 2 amide bonds. The Morgan fingerprint density at radius 2 is 1.51 bits per heavy atom. The van der Waals surface area contributed by atoms with Crippen LogP contribution in [0.3, 0.4) is 0 Å². The van der Waals surface area contributed by atoms with Crippen LogP contribution in [-0.4, -0.2) is 60.9 Å². The number of thioether (sulfide) groups is 1. The zero-order chi connectivity index (χ0) is 31.0. The molecule has 0 aromatic heterocycles. The minimum atomic E-state index is -0.0772. The first-order valence-corrected chi connectivity index (χ1v) is 16.6. The van der Waals surface area contributed by atoms with Gasteiger partial charge in [0, 0.05) is 54.8 Å². The van der Waals surface area contributed by atoms with Crippen LogP contribution in [0, 0.1) is 0 Å². The van der Waals surface area contributed by atoms with Crippen molar-refractivity contribution in [3.05, 3.63) is 135 Å². The van der Waals surface area contributed by atoms with E-state index >= 15 is 0 Å². The Balaban J connectivity index is 0.995. The lowest BCUT2D eigenvalue weighted by Gasteiger charge is -2.34. The van der Waals surface area contributed by atoms with Gasteiger partial charge in [-0.1, -0.05) is 90.1 Å². The molecule has 1 saturated heterocycles. The molecule has 8 heteroatoms. The van der Waals surface area contributed by atoms with Crippen LogP contribution < -0.4 is 10.2 Å². The summed E-state index contributed by atoms with van der Waals surface area (Å²) in [7, 11) is 0. The summed E-state index contributed by atoms with van der Waals surface area (Å²) < 4.78 is 0. The molecular formula is C37H37ClN4O2S. The highest BCUT2D eigenvalue weighted by atomic mass is 35.5. The number of carbonyl (C=O) groups excluding carboxylic acids is 2. The first-order valence-electron chi connectivity index (χ1n) is 15.4. The number of nitrogens with zero attached hydrogens (tertiary/aromatic N) is 3. The second kappa shape index (κ2) is 14.9. The molecule has 230 valence electrons. The molecule has 1 fully saturated rings. The second-order valence-electron chi connectivity index (χ2n) is 11.4. The quantitative estimate of drug-likeness (QED) is 0.151. The number of fused-ring (bicyclic) bond motifs is 1. The highest BCUT2D eigenvalue weighted by Gasteiger charge is 2.29. The van der Waals surface area contributed by atoms with Crippen LogP contribution in [-0.2, 0) is 17.9 Å². The summed E-state index contributed by atoms with van der Waals surface area (Å²) in [5.41, 5.74) is 4.70. The molecule has 1 N–H and O–H groups in total. The number of piperazine rings is 1. The summed E-state index contributed by atoms with van der Waals surface area (Å²) in [6.07, 6.45) is 2.82. The number of para-hydroxylation sites is 1. The van der Waals surface area contributed by atoms with Crippen molar-refractivity contribution in [1.82, 2.24) is 15.1 Å². The molecular weight excluding hydrogens is 600 g/mol. The van der Waals surface area contributed by atoms with E-state index in [-0.39, 0.29) is 11.8 Å². The molecule has 2 heterocycles. The lowest BCUT2D eigenvalue weighted by atomic mass is 10.1. The number of halogens is 1. The summed E-state index contributed by atoms with van der Waals surface area (Å²) in [6, 6.07) is 33.6. The molecule has 0 saturated carbocycles. The van der Waals surface area contributed by atoms with Gasteiger partial charge in [0.15, 0.2) is 0 Å². The van der Waals surface area contributed by atoms with Crippen LogP contribution in [0.15, 0.2) is 113 Å². The van der Waals surface area contributed by atoms with Gasteiger partial charge < -0.3 is 15.1 Å². The van der Waals surface area contributed by atoms with E-state index < -0.39 is 0 Å². The van der Waals surface area contributed by atoms with Crippen LogP contribution in [0.2, 0.25) is 5.02 Å². The molecule has 0 unspecified atom stereocenters. The van der Waals surface area contributed by atoms with Crippen LogP contribution >= 0.6 is 23.4 Å². The van der Waals surface area contributed by atoms with Crippen molar-refractivity contribution in [2.45, 2.75) is 24.4 Å². The van der Waals surface area contributed by atoms with Crippen molar-refractivity contribution < 1.29 is 9.59 Å². The predicted octanol–water partition coefficient (Wildman–Crippen LogP) is 6.96. The van der Waals surface area contributed by atoms with Crippen molar-refractivity contribution in [2.24, 2.45) is 0 Å². The van der Waals surface area contributed by atoms with Gasteiger partial charge in [0.2, 0.25) is 0 Å². The SMILES string of the molecule is O=C(NCCCN1CCN(Cc2ccccc2)CC1)c1ccc(C=C2Sc3ccccc3N(Cc3cccc(Cl)c3)C2=O)cc1. The fourth-order valence-corrected chi connectivity index (χ4v) is 7.01. The standard InChI is InChI=1S/C37H37ClN4O2S/c38-32-11-6-10-30(24-32)27-42-33-12-4-5-13-34(33)45-35(37(42)44)25-28-14-16-31(17-15-28)36(43)39-18-7-19-40-20-22-41(23-21-40)26-29-8-2-1-3-9-29/h1-6,8-17,24-25H,7,18-23,26-27H2,(H,39,43).